The highest BCUT2D eigenvalue weighted by molar-refractivity contribution is 5.77. The molecule has 0 aliphatic carbocycles. The van der Waals surface area contributed by atoms with E-state index in [1.165, 1.54) is 23.3 Å². The average Bonchev–Trinajstić information content (AvgIpc) is 2.84. The van der Waals surface area contributed by atoms with Crippen LogP contribution in [-0.2, 0) is 17.8 Å². The van der Waals surface area contributed by atoms with Crippen LogP contribution >= 0.6 is 0 Å². The van der Waals surface area contributed by atoms with Gasteiger partial charge in [-0.15, -0.1) is 0 Å². The summed E-state index contributed by atoms with van der Waals surface area (Å²) in [6, 6.07) is 23.1. The molecule has 6 heteroatoms. The molecule has 0 unspecified atom stereocenters. The van der Waals surface area contributed by atoms with Gasteiger partial charge in [0.1, 0.15) is 0 Å². The van der Waals surface area contributed by atoms with Crippen molar-refractivity contribution in [2.75, 3.05) is 38.7 Å². The molecular weight excluding hydrogens is 417 g/mol. The van der Waals surface area contributed by atoms with Crippen LogP contribution in [-0.4, -0.2) is 44.6 Å². The van der Waals surface area contributed by atoms with E-state index < -0.39 is 5.82 Å². The standard InChI is InChI=1S/C27H30FN3O2/c1-30(2)23-13-11-21(12-14-23)25(31-16-15-20-7-3-4-8-22(20)18-31)17-29-27(32)19-33-26-10-6-5-9-24(26)28/h3-14,25H,15-19H2,1-2H3,(H,29,32)/t25-/m0/s1. The number of nitrogens with zero attached hydrogens (tertiary/aromatic N) is 2. The van der Waals surface area contributed by atoms with Crippen LogP contribution in [0.2, 0.25) is 0 Å². The lowest BCUT2D eigenvalue weighted by molar-refractivity contribution is -0.123. The van der Waals surface area contributed by atoms with Gasteiger partial charge in [0.05, 0.1) is 6.04 Å². The normalized spacial score (nSPS) is 14.3. The van der Waals surface area contributed by atoms with E-state index in [0.29, 0.717) is 6.54 Å². The van der Waals surface area contributed by atoms with Crippen molar-refractivity contribution in [3.63, 3.8) is 0 Å². The van der Waals surface area contributed by atoms with Crippen molar-refractivity contribution in [1.82, 2.24) is 10.2 Å². The second-order valence-corrected chi connectivity index (χ2v) is 8.51. The Bertz CT molecular complexity index is 1080. The molecule has 0 bridgehead atoms. The van der Waals surface area contributed by atoms with Crippen molar-refractivity contribution in [1.29, 1.82) is 0 Å². The zero-order valence-corrected chi connectivity index (χ0v) is 19.1. The Morgan fingerprint density at radius 2 is 1.73 bits per heavy atom. The fourth-order valence-corrected chi connectivity index (χ4v) is 4.20. The van der Waals surface area contributed by atoms with Gasteiger partial charge in [0.15, 0.2) is 18.2 Å². The predicted molar refractivity (Wildman–Crippen MR) is 129 cm³/mol. The fourth-order valence-electron chi connectivity index (χ4n) is 4.20. The maximum atomic E-state index is 13.8. The topological polar surface area (TPSA) is 44.8 Å². The smallest absolute Gasteiger partial charge is 0.258 e. The predicted octanol–water partition coefficient (Wildman–Crippen LogP) is 4.19. The molecule has 5 nitrogen and oxygen atoms in total. The van der Waals surface area contributed by atoms with Crippen molar-refractivity contribution in [2.45, 2.75) is 19.0 Å². The van der Waals surface area contributed by atoms with Crippen molar-refractivity contribution < 1.29 is 13.9 Å². The molecule has 0 radical (unpaired) electrons. The van der Waals surface area contributed by atoms with Crippen LogP contribution in [0.15, 0.2) is 72.8 Å². The summed E-state index contributed by atoms with van der Waals surface area (Å²) in [5, 5.41) is 2.99. The molecule has 1 aliphatic rings. The van der Waals surface area contributed by atoms with Crippen LogP contribution in [0.4, 0.5) is 10.1 Å². The van der Waals surface area contributed by atoms with Gasteiger partial charge in [-0.1, -0.05) is 48.5 Å². The summed E-state index contributed by atoms with van der Waals surface area (Å²) in [5.74, 6) is -0.669. The molecule has 0 saturated heterocycles. The lowest BCUT2D eigenvalue weighted by Gasteiger charge is -2.36. The second kappa shape index (κ2) is 10.5. The first kappa shape index (κ1) is 22.8. The quantitative estimate of drug-likeness (QED) is 0.563. The number of hydrogen-bond donors (Lipinski definition) is 1. The number of rotatable bonds is 8. The molecule has 1 aliphatic heterocycles. The Morgan fingerprint density at radius 1 is 1.03 bits per heavy atom. The van der Waals surface area contributed by atoms with E-state index in [1.54, 1.807) is 12.1 Å². The average molecular weight is 448 g/mol. The maximum absolute atomic E-state index is 13.8. The van der Waals surface area contributed by atoms with E-state index in [0.717, 1.165) is 30.8 Å². The highest BCUT2D eigenvalue weighted by Gasteiger charge is 2.25. The van der Waals surface area contributed by atoms with E-state index >= 15 is 0 Å². The molecule has 0 aromatic heterocycles. The van der Waals surface area contributed by atoms with Gasteiger partial charge in [0, 0.05) is 39.4 Å². The number of hydrogen-bond acceptors (Lipinski definition) is 4. The monoisotopic (exact) mass is 447 g/mol. The number of anilines is 1. The number of benzene rings is 3. The molecule has 1 amide bonds. The molecule has 33 heavy (non-hydrogen) atoms. The van der Waals surface area contributed by atoms with Crippen LogP contribution < -0.4 is 15.0 Å². The number of fused-ring (bicyclic) bond motifs is 1. The Balaban J connectivity index is 1.46. The third-order valence-corrected chi connectivity index (χ3v) is 6.08. The minimum absolute atomic E-state index is 0.0204. The van der Waals surface area contributed by atoms with Gasteiger partial charge in [-0.3, -0.25) is 9.69 Å². The van der Waals surface area contributed by atoms with Crippen molar-refractivity contribution >= 4 is 11.6 Å². The third-order valence-electron chi connectivity index (χ3n) is 6.08. The molecule has 0 saturated carbocycles. The van der Waals surface area contributed by atoms with Crippen molar-refractivity contribution in [3.8, 4) is 5.75 Å². The Labute approximate surface area is 194 Å². The van der Waals surface area contributed by atoms with Crippen LogP contribution in [0.25, 0.3) is 0 Å². The van der Waals surface area contributed by atoms with Gasteiger partial charge in [0.25, 0.3) is 5.91 Å². The summed E-state index contributed by atoms with van der Waals surface area (Å²) < 4.78 is 19.1. The van der Waals surface area contributed by atoms with Crippen molar-refractivity contribution in [3.05, 3.63) is 95.3 Å². The van der Waals surface area contributed by atoms with Gasteiger partial charge in [-0.25, -0.2) is 4.39 Å². The number of nitrogens with one attached hydrogen (secondary N) is 1. The van der Waals surface area contributed by atoms with Crippen LogP contribution in [0.5, 0.6) is 5.75 Å². The van der Waals surface area contributed by atoms with E-state index in [-0.39, 0.29) is 24.3 Å². The SMILES string of the molecule is CN(C)c1ccc([C@H](CNC(=O)COc2ccccc2F)N2CCc3ccccc3C2)cc1. The molecule has 0 fully saturated rings. The van der Waals surface area contributed by atoms with Gasteiger partial charge >= 0.3 is 0 Å². The lowest BCUT2D eigenvalue weighted by atomic mass is 9.96. The van der Waals surface area contributed by atoms with Gasteiger partial charge < -0.3 is 15.0 Å². The molecule has 1 heterocycles. The first-order valence-corrected chi connectivity index (χ1v) is 11.2. The van der Waals surface area contributed by atoms with E-state index in [9.17, 15) is 9.18 Å². The summed E-state index contributed by atoms with van der Waals surface area (Å²) in [6.45, 7) is 1.97. The zero-order valence-electron chi connectivity index (χ0n) is 19.1. The van der Waals surface area contributed by atoms with Gasteiger partial charge in [-0.2, -0.15) is 0 Å². The Kier molecular flexibility index (Phi) is 7.25. The van der Waals surface area contributed by atoms with E-state index in [2.05, 4.69) is 63.6 Å². The number of para-hydroxylation sites is 1. The Hall–Kier alpha value is -3.38. The fraction of sp³-hybridized carbons (Fsp3) is 0.296. The third kappa shape index (κ3) is 5.71. The number of amides is 1. The molecule has 4 rings (SSSR count). The minimum atomic E-state index is -0.476. The summed E-state index contributed by atoms with van der Waals surface area (Å²) in [7, 11) is 4.04. The second-order valence-electron chi connectivity index (χ2n) is 8.51. The number of carbonyl (C=O) groups excluding carboxylic acids is 1. The summed E-state index contributed by atoms with van der Waals surface area (Å²) >= 11 is 0. The minimum Gasteiger partial charge on any atom is -0.481 e. The van der Waals surface area contributed by atoms with Crippen LogP contribution in [0.1, 0.15) is 22.7 Å². The Morgan fingerprint density at radius 3 is 2.45 bits per heavy atom. The molecule has 1 N–H and O–H groups in total. The van der Waals surface area contributed by atoms with Crippen molar-refractivity contribution in [2.24, 2.45) is 0 Å². The van der Waals surface area contributed by atoms with Gasteiger partial charge in [0.2, 0.25) is 0 Å². The number of halogens is 1. The highest BCUT2D eigenvalue weighted by Crippen LogP contribution is 2.28. The summed E-state index contributed by atoms with van der Waals surface area (Å²) in [5.41, 5.74) is 4.99. The molecule has 172 valence electrons. The first-order valence-electron chi connectivity index (χ1n) is 11.2. The molecule has 0 spiro atoms. The molecular formula is C27H30FN3O2. The molecule has 1 atom stereocenters. The first-order chi connectivity index (χ1) is 16.0. The summed E-state index contributed by atoms with van der Waals surface area (Å²) in [4.78, 5) is 17.0. The number of carbonyl (C=O) groups is 1. The van der Waals surface area contributed by atoms with E-state index in [4.69, 9.17) is 4.74 Å². The van der Waals surface area contributed by atoms with Crippen LogP contribution in [0.3, 0.4) is 0 Å². The molecule has 3 aromatic carbocycles. The molecule has 3 aromatic rings. The maximum Gasteiger partial charge on any atom is 0.258 e. The largest absolute Gasteiger partial charge is 0.481 e. The zero-order chi connectivity index (χ0) is 23.2. The van der Waals surface area contributed by atoms with Gasteiger partial charge in [-0.05, 0) is 47.4 Å². The summed E-state index contributed by atoms with van der Waals surface area (Å²) in [6.07, 6.45) is 0.979. The lowest BCUT2D eigenvalue weighted by Crippen LogP contribution is -2.41. The highest BCUT2D eigenvalue weighted by atomic mass is 19.1. The van der Waals surface area contributed by atoms with Crippen LogP contribution in [0, 0.1) is 5.82 Å². The van der Waals surface area contributed by atoms with E-state index in [1.807, 2.05) is 14.1 Å². The number of ether oxygens (including phenoxy) is 1.